The van der Waals surface area contributed by atoms with Gasteiger partial charge in [-0.1, -0.05) is 25.1 Å². The Morgan fingerprint density at radius 1 is 1.29 bits per heavy atom. The van der Waals surface area contributed by atoms with Crippen LogP contribution in [0.3, 0.4) is 0 Å². The Hall–Kier alpha value is -2.16. The molecule has 86 valence electrons. The number of rotatable bonds is 3. The summed E-state index contributed by atoms with van der Waals surface area (Å²) in [6, 6.07) is 11.2. The molecular weight excluding hydrogens is 212 g/mol. The minimum Gasteiger partial charge on any atom is -0.366 e. The first-order valence-corrected chi connectivity index (χ1v) is 5.56. The van der Waals surface area contributed by atoms with Gasteiger partial charge in [-0.15, -0.1) is 0 Å². The Morgan fingerprint density at radius 3 is 2.71 bits per heavy atom. The summed E-state index contributed by atoms with van der Waals surface area (Å²) in [7, 11) is 0. The maximum atomic E-state index is 11.1. The number of amides is 1. The Morgan fingerprint density at radius 2 is 2.12 bits per heavy atom. The highest BCUT2D eigenvalue weighted by Crippen LogP contribution is 2.18. The molecule has 2 rings (SSSR count). The summed E-state index contributed by atoms with van der Waals surface area (Å²) in [4.78, 5) is 15.5. The molecule has 1 aromatic heterocycles. The van der Waals surface area contributed by atoms with Gasteiger partial charge in [-0.3, -0.25) is 9.78 Å². The van der Waals surface area contributed by atoms with Crippen LogP contribution < -0.4 is 5.73 Å². The number of pyridine rings is 1. The third-order valence-corrected chi connectivity index (χ3v) is 2.68. The predicted octanol–water partition coefficient (Wildman–Crippen LogP) is 2.41. The van der Waals surface area contributed by atoms with Crippen LogP contribution in [0.5, 0.6) is 0 Å². The van der Waals surface area contributed by atoms with Gasteiger partial charge in [0, 0.05) is 17.3 Å². The van der Waals surface area contributed by atoms with Gasteiger partial charge in [-0.2, -0.15) is 0 Å². The van der Waals surface area contributed by atoms with Gasteiger partial charge < -0.3 is 5.73 Å². The maximum Gasteiger partial charge on any atom is 0.248 e. The molecule has 2 aromatic rings. The van der Waals surface area contributed by atoms with E-state index in [-0.39, 0.29) is 0 Å². The van der Waals surface area contributed by atoms with E-state index in [1.165, 1.54) is 5.56 Å². The van der Waals surface area contributed by atoms with Crippen LogP contribution >= 0.6 is 0 Å². The Labute approximate surface area is 100 Å². The van der Waals surface area contributed by atoms with Crippen molar-refractivity contribution in [3.63, 3.8) is 0 Å². The van der Waals surface area contributed by atoms with Crippen molar-refractivity contribution >= 4 is 5.91 Å². The molecule has 0 bridgehead atoms. The number of carbonyl (C=O) groups excluding carboxylic acids is 1. The van der Waals surface area contributed by atoms with Crippen molar-refractivity contribution in [2.24, 2.45) is 5.73 Å². The molecule has 0 aliphatic rings. The SMILES string of the molecule is CCc1ccc(-c2cccc(C(N)=O)c2)nc1. The molecule has 0 saturated carbocycles. The van der Waals surface area contributed by atoms with Crippen molar-refractivity contribution in [3.8, 4) is 11.3 Å². The molecule has 0 radical (unpaired) electrons. The normalized spacial score (nSPS) is 10.2. The largest absolute Gasteiger partial charge is 0.366 e. The number of hydrogen-bond donors (Lipinski definition) is 1. The van der Waals surface area contributed by atoms with E-state index < -0.39 is 5.91 Å². The number of nitrogens with zero attached hydrogens (tertiary/aromatic N) is 1. The zero-order chi connectivity index (χ0) is 12.3. The number of primary amides is 1. The summed E-state index contributed by atoms with van der Waals surface area (Å²) in [6.07, 6.45) is 2.82. The van der Waals surface area contributed by atoms with E-state index in [1.54, 1.807) is 12.1 Å². The van der Waals surface area contributed by atoms with Crippen LogP contribution in [0.2, 0.25) is 0 Å². The lowest BCUT2D eigenvalue weighted by Gasteiger charge is -2.03. The van der Waals surface area contributed by atoms with E-state index in [4.69, 9.17) is 5.73 Å². The first-order chi connectivity index (χ1) is 8.20. The summed E-state index contributed by atoms with van der Waals surface area (Å²) in [5.41, 5.74) is 8.70. The average Bonchev–Trinajstić information content (AvgIpc) is 2.39. The van der Waals surface area contributed by atoms with Crippen molar-refractivity contribution in [1.29, 1.82) is 0 Å². The summed E-state index contributed by atoms with van der Waals surface area (Å²) < 4.78 is 0. The van der Waals surface area contributed by atoms with Gasteiger partial charge >= 0.3 is 0 Å². The van der Waals surface area contributed by atoms with Gasteiger partial charge in [0.2, 0.25) is 5.91 Å². The van der Waals surface area contributed by atoms with Crippen LogP contribution in [-0.2, 0) is 6.42 Å². The maximum absolute atomic E-state index is 11.1. The highest BCUT2D eigenvalue weighted by molar-refractivity contribution is 5.93. The average molecular weight is 226 g/mol. The number of hydrogen-bond acceptors (Lipinski definition) is 2. The third-order valence-electron chi connectivity index (χ3n) is 2.68. The molecule has 3 heteroatoms. The fourth-order valence-electron chi connectivity index (χ4n) is 1.64. The Balaban J connectivity index is 2.38. The van der Waals surface area contributed by atoms with Crippen molar-refractivity contribution in [1.82, 2.24) is 4.98 Å². The van der Waals surface area contributed by atoms with Crippen LogP contribution in [-0.4, -0.2) is 10.9 Å². The molecule has 17 heavy (non-hydrogen) atoms. The monoisotopic (exact) mass is 226 g/mol. The van der Waals surface area contributed by atoms with Crippen LogP contribution in [0.25, 0.3) is 11.3 Å². The number of nitrogens with two attached hydrogens (primary N) is 1. The second-order valence-corrected chi connectivity index (χ2v) is 3.85. The minimum atomic E-state index is -0.419. The fourth-order valence-corrected chi connectivity index (χ4v) is 1.64. The van der Waals surface area contributed by atoms with E-state index in [0.717, 1.165) is 17.7 Å². The lowest BCUT2D eigenvalue weighted by molar-refractivity contribution is 0.100. The highest BCUT2D eigenvalue weighted by atomic mass is 16.1. The molecule has 1 amide bonds. The standard InChI is InChI=1S/C14H14N2O/c1-2-10-6-7-13(16-9-10)11-4-3-5-12(8-11)14(15)17/h3-9H,2H2,1H3,(H2,15,17). The van der Waals surface area contributed by atoms with Gasteiger partial charge in [0.25, 0.3) is 0 Å². The van der Waals surface area contributed by atoms with Crippen molar-refractivity contribution in [2.45, 2.75) is 13.3 Å². The van der Waals surface area contributed by atoms with E-state index in [2.05, 4.69) is 11.9 Å². The number of aryl methyl sites for hydroxylation is 1. The lowest BCUT2D eigenvalue weighted by atomic mass is 10.1. The van der Waals surface area contributed by atoms with Crippen molar-refractivity contribution in [3.05, 3.63) is 53.7 Å². The second-order valence-electron chi connectivity index (χ2n) is 3.85. The van der Waals surface area contributed by atoms with Gasteiger partial charge in [0.05, 0.1) is 5.69 Å². The first kappa shape index (κ1) is 11.3. The smallest absolute Gasteiger partial charge is 0.248 e. The van der Waals surface area contributed by atoms with E-state index in [0.29, 0.717) is 5.56 Å². The molecule has 0 unspecified atom stereocenters. The molecule has 0 fully saturated rings. The summed E-state index contributed by atoms with van der Waals surface area (Å²) >= 11 is 0. The topological polar surface area (TPSA) is 56.0 Å². The van der Waals surface area contributed by atoms with Crippen LogP contribution in [0.15, 0.2) is 42.6 Å². The molecule has 0 aliphatic carbocycles. The Kier molecular flexibility index (Phi) is 3.19. The zero-order valence-corrected chi connectivity index (χ0v) is 9.68. The molecular formula is C14H14N2O. The van der Waals surface area contributed by atoms with E-state index in [9.17, 15) is 4.79 Å². The molecule has 0 saturated heterocycles. The fraction of sp³-hybridized carbons (Fsp3) is 0.143. The number of benzene rings is 1. The molecule has 1 heterocycles. The molecule has 0 spiro atoms. The zero-order valence-electron chi connectivity index (χ0n) is 9.68. The predicted molar refractivity (Wildman–Crippen MR) is 67.6 cm³/mol. The van der Waals surface area contributed by atoms with Crippen LogP contribution in [0.4, 0.5) is 0 Å². The molecule has 0 aliphatic heterocycles. The number of carbonyl (C=O) groups is 1. The van der Waals surface area contributed by atoms with Gasteiger partial charge in [-0.05, 0) is 30.2 Å². The quantitative estimate of drug-likeness (QED) is 0.873. The molecule has 2 N–H and O–H groups in total. The number of aromatic nitrogens is 1. The highest BCUT2D eigenvalue weighted by Gasteiger charge is 2.03. The Bertz CT molecular complexity index is 532. The van der Waals surface area contributed by atoms with Crippen LogP contribution in [0, 0.1) is 0 Å². The van der Waals surface area contributed by atoms with Gasteiger partial charge in [0.15, 0.2) is 0 Å². The van der Waals surface area contributed by atoms with Gasteiger partial charge in [-0.25, -0.2) is 0 Å². The third kappa shape index (κ3) is 2.50. The molecule has 0 atom stereocenters. The van der Waals surface area contributed by atoms with E-state index >= 15 is 0 Å². The van der Waals surface area contributed by atoms with Crippen LogP contribution in [0.1, 0.15) is 22.8 Å². The minimum absolute atomic E-state index is 0.419. The van der Waals surface area contributed by atoms with Gasteiger partial charge in [0.1, 0.15) is 0 Å². The lowest BCUT2D eigenvalue weighted by Crippen LogP contribution is -2.10. The summed E-state index contributed by atoms with van der Waals surface area (Å²) in [5, 5.41) is 0. The summed E-state index contributed by atoms with van der Waals surface area (Å²) in [5.74, 6) is -0.419. The second kappa shape index (κ2) is 4.78. The summed E-state index contributed by atoms with van der Waals surface area (Å²) in [6.45, 7) is 2.09. The first-order valence-electron chi connectivity index (χ1n) is 5.56. The van der Waals surface area contributed by atoms with E-state index in [1.807, 2.05) is 30.5 Å². The molecule has 3 nitrogen and oxygen atoms in total. The van der Waals surface area contributed by atoms with Crippen molar-refractivity contribution < 1.29 is 4.79 Å². The van der Waals surface area contributed by atoms with Crippen molar-refractivity contribution in [2.75, 3.05) is 0 Å². The molecule has 1 aromatic carbocycles.